The first-order valence-corrected chi connectivity index (χ1v) is 9.27. The molecule has 1 aliphatic heterocycles. The molecule has 1 aromatic heterocycles. The third-order valence-electron chi connectivity index (χ3n) is 4.80. The first kappa shape index (κ1) is 16.4. The highest BCUT2D eigenvalue weighted by molar-refractivity contribution is 6.39. The van der Waals surface area contributed by atoms with Gasteiger partial charge in [-0.25, -0.2) is 0 Å². The van der Waals surface area contributed by atoms with Crippen molar-refractivity contribution >= 4 is 23.2 Å². The monoisotopic (exact) mass is 365 g/mol. The maximum absolute atomic E-state index is 6.42. The van der Waals surface area contributed by atoms with Gasteiger partial charge in [0.05, 0.1) is 10.0 Å². The highest BCUT2D eigenvalue weighted by Crippen LogP contribution is 2.46. The summed E-state index contributed by atoms with van der Waals surface area (Å²) < 4.78 is 5.74. The highest BCUT2D eigenvalue weighted by Gasteiger charge is 2.34. The second-order valence-corrected chi connectivity index (χ2v) is 7.65. The van der Waals surface area contributed by atoms with Gasteiger partial charge < -0.3 is 9.84 Å². The first-order valence-electron chi connectivity index (χ1n) is 8.52. The van der Waals surface area contributed by atoms with Gasteiger partial charge in [0.15, 0.2) is 0 Å². The van der Waals surface area contributed by atoms with E-state index in [4.69, 9.17) is 27.7 Å². The molecular formula is C18H21Cl2N3O. The van der Waals surface area contributed by atoms with Crippen LogP contribution in [0.4, 0.5) is 0 Å². The molecule has 4 nitrogen and oxygen atoms in total. The Hall–Kier alpha value is -1.07. The van der Waals surface area contributed by atoms with Gasteiger partial charge in [-0.05, 0) is 31.9 Å². The maximum atomic E-state index is 6.42. The number of hydrogen-bond donors (Lipinski definition) is 1. The van der Waals surface area contributed by atoms with Crippen molar-refractivity contribution in [3.63, 3.8) is 0 Å². The van der Waals surface area contributed by atoms with Crippen molar-refractivity contribution in [1.29, 1.82) is 0 Å². The summed E-state index contributed by atoms with van der Waals surface area (Å²) in [5.41, 5.74) is 2.75. The molecule has 0 bridgehead atoms. The summed E-state index contributed by atoms with van der Waals surface area (Å²) in [5, 5.41) is 9.09. The summed E-state index contributed by atoms with van der Waals surface area (Å²) in [5.74, 6) is 1.52. The van der Waals surface area contributed by atoms with Crippen LogP contribution in [0.3, 0.4) is 0 Å². The number of rotatable bonds is 4. The molecule has 4 rings (SSSR count). The van der Waals surface area contributed by atoms with Crippen LogP contribution in [0.1, 0.15) is 37.0 Å². The Morgan fingerprint density at radius 3 is 2.71 bits per heavy atom. The summed E-state index contributed by atoms with van der Waals surface area (Å²) in [6.45, 7) is 6.10. The zero-order valence-electron chi connectivity index (χ0n) is 13.7. The quantitative estimate of drug-likeness (QED) is 0.875. The van der Waals surface area contributed by atoms with Crippen molar-refractivity contribution < 1.29 is 4.52 Å². The fourth-order valence-corrected chi connectivity index (χ4v) is 4.02. The molecule has 128 valence electrons. The van der Waals surface area contributed by atoms with E-state index in [0.717, 1.165) is 48.8 Å². The minimum absolute atomic E-state index is 0.496. The summed E-state index contributed by atoms with van der Waals surface area (Å²) in [7, 11) is 0. The Balaban J connectivity index is 1.72. The van der Waals surface area contributed by atoms with E-state index < -0.39 is 0 Å². The first-order chi connectivity index (χ1) is 11.6. The fraction of sp³-hybridized carbons (Fsp3) is 0.500. The standard InChI is InChI=1S/C18H21Cl2N3O/c1-11-9-23(8-7-21-11)10-13-17(22-24-18(13)12-5-6-12)16-14(19)3-2-4-15(16)20/h2-4,11-12,21H,5-10H2,1H3. The predicted molar refractivity (Wildman–Crippen MR) is 96.7 cm³/mol. The summed E-state index contributed by atoms with van der Waals surface area (Å²) >= 11 is 12.8. The van der Waals surface area contributed by atoms with E-state index in [0.29, 0.717) is 22.0 Å². The molecule has 0 spiro atoms. The Kier molecular flexibility index (Phi) is 4.56. The minimum atomic E-state index is 0.496. The highest BCUT2D eigenvalue weighted by atomic mass is 35.5. The number of aromatic nitrogens is 1. The summed E-state index contributed by atoms with van der Waals surface area (Å²) in [6, 6.07) is 6.05. The van der Waals surface area contributed by atoms with Gasteiger partial charge in [-0.15, -0.1) is 0 Å². The van der Waals surface area contributed by atoms with Gasteiger partial charge in [-0.3, -0.25) is 4.90 Å². The Morgan fingerprint density at radius 1 is 1.29 bits per heavy atom. The zero-order chi connectivity index (χ0) is 16.7. The number of benzene rings is 1. The van der Waals surface area contributed by atoms with Crippen LogP contribution < -0.4 is 5.32 Å². The maximum Gasteiger partial charge on any atom is 0.144 e. The molecule has 1 saturated heterocycles. The van der Waals surface area contributed by atoms with Crippen LogP contribution in [0.2, 0.25) is 10.0 Å². The van der Waals surface area contributed by atoms with Crippen molar-refractivity contribution in [3.05, 3.63) is 39.6 Å². The van der Waals surface area contributed by atoms with E-state index in [2.05, 4.69) is 22.3 Å². The number of nitrogens with one attached hydrogen (secondary N) is 1. The van der Waals surface area contributed by atoms with Gasteiger partial charge in [-0.1, -0.05) is 34.4 Å². The van der Waals surface area contributed by atoms with Crippen molar-refractivity contribution in [1.82, 2.24) is 15.4 Å². The fourth-order valence-electron chi connectivity index (χ4n) is 3.44. The van der Waals surface area contributed by atoms with Gasteiger partial charge in [-0.2, -0.15) is 0 Å². The van der Waals surface area contributed by atoms with Crippen molar-refractivity contribution in [2.75, 3.05) is 19.6 Å². The normalized spacial score (nSPS) is 22.0. The topological polar surface area (TPSA) is 41.3 Å². The largest absolute Gasteiger partial charge is 0.360 e. The molecule has 6 heteroatoms. The molecule has 1 aromatic carbocycles. The van der Waals surface area contributed by atoms with Crippen molar-refractivity contribution in [2.24, 2.45) is 0 Å². The lowest BCUT2D eigenvalue weighted by Gasteiger charge is -2.31. The van der Waals surface area contributed by atoms with E-state index in [1.807, 2.05) is 18.2 Å². The SMILES string of the molecule is CC1CN(Cc2c(-c3c(Cl)cccc3Cl)noc2C2CC2)CCN1. The molecule has 2 aliphatic rings. The van der Waals surface area contributed by atoms with Crippen LogP contribution in [0.15, 0.2) is 22.7 Å². The molecule has 0 radical (unpaired) electrons. The molecule has 1 N–H and O–H groups in total. The van der Waals surface area contributed by atoms with Gasteiger partial charge >= 0.3 is 0 Å². The average molecular weight is 366 g/mol. The van der Waals surface area contributed by atoms with E-state index in [1.54, 1.807) is 0 Å². The number of nitrogens with zero attached hydrogens (tertiary/aromatic N) is 2. The lowest BCUT2D eigenvalue weighted by molar-refractivity contribution is 0.198. The predicted octanol–water partition coefficient (Wildman–Crippen LogP) is 4.32. The van der Waals surface area contributed by atoms with Gasteiger partial charge in [0.1, 0.15) is 11.5 Å². The molecule has 1 atom stereocenters. The minimum Gasteiger partial charge on any atom is -0.360 e. The number of halogens is 2. The van der Waals surface area contributed by atoms with Crippen LogP contribution in [0, 0.1) is 0 Å². The van der Waals surface area contributed by atoms with E-state index in [9.17, 15) is 0 Å². The van der Waals surface area contributed by atoms with Crippen LogP contribution in [0.5, 0.6) is 0 Å². The van der Waals surface area contributed by atoms with E-state index in [1.165, 1.54) is 12.8 Å². The molecule has 1 aliphatic carbocycles. The van der Waals surface area contributed by atoms with Gasteiger partial charge in [0.2, 0.25) is 0 Å². The van der Waals surface area contributed by atoms with Crippen LogP contribution in [0.25, 0.3) is 11.3 Å². The molecule has 24 heavy (non-hydrogen) atoms. The van der Waals surface area contributed by atoms with Gasteiger partial charge in [0, 0.05) is 49.3 Å². The second-order valence-electron chi connectivity index (χ2n) is 6.84. The lowest BCUT2D eigenvalue weighted by Crippen LogP contribution is -2.48. The molecule has 2 heterocycles. The number of piperazine rings is 1. The Morgan fingerprint density at radius 2 is 2.04 bits per heavy atom. The van der Waals surface area contributed by atoms with Crippen LogP contribution in [-0.4, -0.2) is 35.7 Å². The third-order valence-corrected chi connectivity index (χ3v) is 5.43. The number of hydrogen-bond acceptors (Lipinski definition) is 4. The molecule has 0 amide bonds. The van der Waals surface area contributed by atoms with Crippen LogP contribution >= 0.6 is 23.2 Å². The summed E-state index contributed by atoms with van der Waals surface area (Å²) in [6.07, 6.45) is 2.35. The summed E-state index contributed by atoms with van der Waals surface area (Å²) in [4.78, 5) is 2.45. The lowest BCUT2D eigenvalue weighted by atomic mass is 10.0. The van der Waals surface area contributed by atoms with E-state index >= 15 is 0 Å². The van der Waals surface area contributed by atoms with Crippen LogP contribution in [-0.2, 0) is 6.54 Å². The van der Waals surface area contributed by atoms with E-state index in [-0.39, 0.29) is 0 Å². The molecule has 2 fully saturated rings. The molecule has 1 saturated carbocycles. The Labute approximate surface area is 152 Å². The smallest absolute Gasteiger partial charge is 0.144 e. The van der Waals surface area contributed by atoms with Crippen molar-refractivity contribution in [2.45, 2.75) is 38.3 Å². The Bertz CT molecular complexity index is 722. The average Bonchev–Trinajstić information content (AvgIpc) is 3.31. The zero-order valence-corrected chi connectivity index (χ0v) is 15.2. The molecule has 2 aromatic rings. The molecule has 1 unspecified atom stereocenters. The molecular weight excluding hydrogens is 345 g/mol. The van der Waals surface area contributed by atoms with Gasteiger partial charge in [0.25, 0.3) is 0 Å². The van der Waals surface area contributed by atoms with Crippen molar-refractivity contribution in [3.8, 4) is 11.3 Å². The third kappa shape index (κ3) is 3.21. The second kappa shape index (κ2) is 6.68.